The van der Waals surface area contributed by atoms with E-state index in [1.165, 1.54) is 6.07 Å². The fourth-order valence-corrected chi connectivity index (χ4v) is 4.40. The molecular formula is C12H18N2O4S. The predicted octanol–water partition coefficient (Wildman–Crippen LogP) is 0.645. The average molecular weight is 286 g/mol. The molecule has 0 spiro atoms. The molecule has 0 radical (unpaired) electrons. The zero-order valence-corrected chi connectivity index (χ0v) is 11.6. The zero-order valence-electron chi connectivity index (χ0n) is 10.8. The standard InChI is InChI=1S/C12H18N2O4S/c1-7-12(5-9(6-13)17-7)19(15,16)14-10-4-8-2-3-11(10)18-8/h5,8,10-11,14H,2-4,6,13H2,1H3. The van der Waals surface area contributed by atoms with Gasteiger partial charge in [-0.1, -0.05) is 0 Å². The van der Waals surface area contributed by atoms with Crippen LogP contribution in [0.25, 0.3) is 0 Å². The second-order valence-electron chi connectivity index (χ2n) is 5.17. The van der Waals surface area contributed by atoms with Gasteiger partial charge in [0.2, 0.25) is 10.0 Å². The van der Waals surface area contributed by atoms with Crippen LogP contribution in [0.1, 0.15) is 30.8 Å². The lowest BCUT2D eigenvalue weighted by molar-refractivity contribution is 0.0996. The maximum Gasteiger partial charge on any atom is 0.244 e. The molecule has 1 aromatic heterocycles. The van der Waals surface area contributed by atoms with Gasteiger partial charge in [-0.2, -0.15) is 0 Å². The van der Waals surface area contributed by atoms with E-state index in [1.807, 2.05) is 0 Å². The third-order valence-electron chi connectivity index (χ3n) is 3.83. The quantitative estimate of drug-likeness (QED) is 0.847. The van der Waals surface area contributed by atoms with Crippen LogP contribution in [0.3, 0.4) is 0 Å². The van der Waals surface area contributed by atoms with Crippen molar-refractivity contribution in [3.05, 3.63) is 17.6 Å². The summed E-state index contributed by atoms with van der Waals surface area (Å²) in [5.74, 6) is 0.846. The summed E-state index contributed by atoms with van der Waals surface area (Å²) in [6.07, 6.45) is 2.94. The average Bonchev–Trinajstić information content (AvgIpc) is 3.02. The van der Waals surface area contributed by atoms with E-state index in [-0.39, 0.29) is 29.7 Å². The van der Waals surface area contributed by atoms with Gasteiger partial charge < -0.3 is 14.9 Å². The molecule has 2 fully saturated rings. The minimum absolute atomic E-state index is 0.0148. The Bertz CT molecular complexity index is 581. The van der Waals surface area contributed by atoms with E-state index in [2.05, 4.69) is 4.72 Å². The smallest absolute Gasteiger partial charge is 0.244 e. The summed E-state index contributed by atoms with van der Waals surface area (Å²) < 4.78 is 38.4. The van der Waals surface area contributed by atoms with Crippen molar-refractivity contribution < 1.29 is 17.6 Å². The molecule has 19 heavy (non-hydrogen) atoms. The largest absolute Gasteiger partial charge is 0.464 e. The second kappa shape index (κ2) is 4.59. The van der Waals surface area contributed by atoms with Gasteiger partial charge in [0.1, 0.15) is 16.4 Å². The summed E-state index contributed by atoms with van der Waals surface area (Å²) in [5.41, 5.74) is 5.46. The van der Waals surface area contributed by atoms with Gasteiger partial charge in [-0.25, -0.2) is 13.1 Å². The minimum atomic E-state index is -3.57. The van der Waals surface area contributed by atoms with Gasteiger partial charge >= 0.3 is 0 Å². The Morgan fingerprint density at radius 3 is 2.79 bits per heavy atom. The van der Waals surface area contributed by atoms with Crippen molar-refractivity contribution in [2.24, 2.45) is 5.73 Å². The SMILES string of the molecule is Cc1oc(CN)cc1S(=O)(=O)NC1CC2CCC1O2. The highest BCUT2D eigenvalue weighted by molar-refractivity contribution is 7.89. The number of furan rings is 1. The Morgan fingerprint density at radius 2 is 2.26 bits per heavy atom. The Balaban J connectivity index is 1.80. The van der Waals surface area contributed by atoms with Crippen LogP contribution in [0.5, 0.6) is 0 Å². The molecule has 6 nitrogen and oxygen atoms in total. The van der Waals surface area contributed by atoms with Crippen molar-refractivity contribution >= 4 is 10.0 Å². The maximum absolute atomic E-state index is 12.3. The molecule has 106 valence electrons. The lowest BCUT2D eigenvalue weighted by Crippen LogP contribution is -2.41. The fourth-order valence-electron chi connectivity index (χ4n) is 2.92. The van der Waals surface area contributed by atoms with E-state index >= 15 is 0 Å². The molecule has 2 aliphatic heterocycles. The van der Waals surface area contributed by atoms with E-state index < -0.39 is 10.0 Å². The van der Waals surface area contributed by atoms with Gasteiger partial charge in [0.25, 0.3) is 0 Å². The van der Waals surface area contributed by atoms with Gasteiger partial charge in [-0.05, 0) is 26.2 Å². The van der Waals surface area contributed by atoms with Gasteiger partial charge in [-0.3, -0.25) is 0 Å². The van der Waals surface area contributed by atoms with Crippen LogP contribution in [-0.2, 0) is 21.3 Å². The van der Waals surface area contributed by atoms with Crippen molar-refractivity contribution in [3.63, 3.8) is 0 Å². The zero-order chi connectivity index (χ0) is 13.6. The summed E-state index contributed by atoms with van der Waals surface area (Å²) in [4.78, 5) is 0.177. The molecule has 1 aromatic rings. The molecule has 0 saturated carbocycles. The molecule has 3 rings (SSSR count). The van der Waals surface area contributed by atoms with Crippen LogP contribution in [0, 0.1) is 6.92 Å². The highest BCUT2D eigenvalue weighted by Crippen LogP contribution is 2.35. The number of ether oxygens (including phenoxy) is 1. The first-order valence-electron chi connectivity index (χ1n) is 6.47. The summed E-state index contributed by atoms with van der Waals surface area (Å²) in [6.45, 7) is 1.82. The topological polar surface area (TPSA) is 94.6 Å². The molecule has 7 heteroatoms. The van der Waals surface area contributed by atoms with E-state index in [1.54, 1.807) is 6.92 Å². The molecule has 0 aromatic carbocycles. The number of rotatable bonds is 4. The van der Waals surface area contributed by atoms with Crippen LogP contribution >= 0.6 is 0 Å². The van der Waals surface area contributed by atoms with E-state index in [0.717, 1.165) is 19.3 Å². The van der Waals surface area contributed by atoms with Crippen LogP contribution in [0.15, 0.2) is 15.4 Å². The number of aryl methyl sites for hydroxylation is 1. The number of nitrogens with two attached hydrogens (primary N) is 1. The van der Waals surface area contributed by atoms with Gasteiger partial charge in [0, 0.05) is 6.07 Å². The highest BCUT2D eigenvalue weighted by atomic mass is 32.2. The normalized spacial score (nSPS) is 30.1. The van der Waals surface area contributed by atoms with E-state index in [0.29, 0.717) is 11.5 Å². The first-order chi connectivity index (χ1) is 8.99. The molecule has 3 unspecified atom stereocenters. The molecule has 2 saturated heterocycles. The first-order valence-corrected chi connectivity index (χ1v) is 7.95. The lowest BCUT2D eigenvalue weighted by atomic mass is 9.96. The highest BCUT2D eigenvalue weighted by Gasteiger charge is 2.42. The van der Waals surface area contributed by atoms with Crippen LogP contribution in [0.4, 0.5) is 0 Å². The Morgan fingerprint density at radius 1 is 1.47 bits per heavy atom. The van der Waals surface area contributed by atoms with Crippen LogP contribution < -0.4 is 10.5 Å². The molecule has 3 N–H and O–H groups in total. The third-order valence-corrected chi connectivity index (χ3v) is 5.42. The molecule has 0 amide bonds. The second-order valence-corrected chi connectivity index (χ2v) is 6.86. The number of hydrogen-bond acceptors (Lipinski definition) is 5. The van der Waals surface area contributed by atoms with E-state index in [4.69, 9.17) is 14.9 Å². The molecule has 3 atom stereocenters. The van der Waals surface area contributed by atoms with Gasteiger partial charge in [-0.15, -0.1) is 0 Å². The minimum Gasteiger partial charge on any atom is -0.464 e. The van der Waals surface area contributed by atoms with Crippen molar-refractivity contribution in [3.8, 4) is 0 Å². The van der Waals surface area contributed by atoms with Crippen molar-refractivity contribution in [2.45, 2.75) is 55.9 Å². The van der Waals surface area contributed by atoms with Crippen molar-refractivity contribution in [1.29, 1.82) is 0 Å². The van der Waals surface area contributed by atoms with Crippen molar-refractivity contribution in [2.75, 3.05) is 0 Å². The van der Waals surface area contributed by atoms with E-state index in [9.17, 15) is 8.42 Å². The molecular weight excluding hydrogens is 268 g/mol. The Labute approximate surface area is 112 Å². The summed E-state index contributed by atoms with van der Waals surface area (Å²) in [5, 5.41) is 0. The Kier molecular flexibility index (Phi) is 3.17. The third kappa shape index (κ3) is 2.31. The van der Waals surface area contributed by atoms with Gasteiger partial charge in [0.05, 0.1) is 24.8 Å². The molecule has 3 heterocycles. The monoisotopic (exact) mass is 286 g/mol. The van der Waals surface area contributed by atoms with Crippen LogP contribution in [-0.4, -0.2) is 26.7 Å². The number of nitrogens with one attached hydrogen (secondary N) is 1. The number of fused-ring (bicyclic) bond motifs is 2. The predicted molar refractivity (Wildman–Crippen MR) is 68.0 cm³/mol. The number of sulfonamides is 1. The summed E-state index contributed by atoms with van der Waals surface area (Å²) in [7, 11) is -3.57. The number of hydrogen-bond donors (Lipinski definition) is 2. The van der Waals surface area contributed by atoms with Crippen molar-refractivity contribution in [1.82, 2.24) is 4.72 Å². The summed E-state index contributed by atoms with van der Waals surface area (Å²) >= 11 is 0. The maximum atomic E-state index is 12.3. The van der Waals surface area contributed by atoms with Crippen LogP contribution in [0.2, 0.25) is 0 Å². The molecule has 2 aliphatic rings. The summed E-state index contributed by atoms with van der Waals surface area (Å²) in [6, 6.07) is 1.37. The Hall–Kier alpha value is -0.890. The van der Waals surface area contributed by atoms with Gasteiger partial charge in [0.15, 0.2) is 0 Å². The first kappa shape index (κ1) is 13.1. The molecule has 2 bridgehead atoms. The fraction of sp³-hybridized carbons (Fsp3) is 0.667. The molecule has 0 aliphatic carbocycles. The lowest BCUT2D eigenvalue weighted by Gasteiger charge is -2.19.